The summed E-state index contributed by atoms with van der Waals surface area (Å²) in [7, 11) is 0. The van der Waals surface area contributed by atoms with E-state index in [-0.39, 0.29) is 5.78 Å². The van der Waals surface area contributed by atoms with Crippen LogP contribution in [0.1, 0.15) is 11.1 Å². The van der Waals surface area contributed by atoms with Crippen molar-refractivity contribution in [3.05, 3.63) is 69.5 Å². The van der Waals surface area contributed by atoms with Crippen LogP contribution in [0, 0.1) is 0 Å². The van der Waals surface area contributed by atoms with Gasteiger partial charge in [0.1, 0.15) is 5.78 Å². The van der Waals surface area contributed by atoms with Crippen molar-refractivity contribution in [2.75, 3.05) is 0 Å². The lowest BCUT2D eigenvalue weighted by Gasteiger charge is -2.03. The number of carbonyl (C=O) groups is 1. The van der Waals surface area contributed by atoms with Crippen molar-refractivity contribution < 1.29 is 4.79 Å². The molecule has 0 amide bonds. The van der Waals surface area contributed by atoms with Gasteiger partial charge in [-0.1, -0.05) is 52.3 Å². The topological polar surface area (TPSA) is 17.1 Å². The maximum Gasteiger partial charge on any atom is 0.141 e. The van der Waals surface area contributed by atoms with Gasteiger partial charge in [-0.2, -0.15) is 0 Å². The molecule has 0 aliphatic rings. The molecule has 0 bridgehead atoms. The molecular weight excluding hydrogens is 332 g/mol. The second kappa shape index (κ2) is 5.90. The number of ketones is 1. The Morgan fingerprint density at radius 1 is 0.950 bits per heavy atom. The Morgan fingerprint density at radius 2 is 1.65 bits per heavy atom. The zero-order chi connectivity index (χ0) is 13.9. The lowest BCUT2D eigenvalue weighted by Crippen LogP contribution is -2.06. The summed E-state index contributed by atoms with van der Waals surface area (Å²) >= 11 is 5.20. The standard InChI is InChI=1S/C17H13BrOS/c18-16-7-3-1-5-12(16)9-14(19)10-13-11-20-17-8-4-2-6-15(13)17/h1-8,11H,9-10H2. The minimum Gasteiger partial charge on any atom is -0.299 e. The molecule has 0 unspecified atom stereocenters. The SMILES string of the molecule is O=C(Cc1ccccc1Br)Cc1csc2ccccc12. The van der Waals surface area contributed by atoms with Crippen LogP contribution in [-0.2, 0) is 17.6 Å². The van der Waals surface area contributed by atoms with Crippen molar-refractivity contribution in [3.63, 3.8) is 0 Å². The molecule has 1 heterocycles. The molecule has 20 heavy (non-hydrogen) atoms. The molecule has 0 atom stereocenters. The average Bonchev–Trinajstić information content (AvgIpc) is 2.85. The first kappa shape index (κ1) is 13.5. The van der Waals surface area contributed by atoms with E-state index >= 15 is 0 Å². The second-order valence-electron chi connectivity index (χ2n) is 4.74. The zero-order valence-electron chi connectivity index (χ0n) is 10.8. The molecule has 1 aromatic heterocycles. The van der Waals surface area contributed by atoms with Gasteiger partial charge in [-0.3, -0.25) is 4.79 Å². The summed E-state index contributed by atoms with van der Waals surface area (Å²) in [6.45, 7) is 0. The van der Waals surface area contributed by atoms with Crippen LogP contribution in [0.15, 0.2) is 58.4 Å². The van der Waals surface area contributed by atoms with E-state index in [1.54, 1.807) is 11.3 Å². The largest absolute Gasteiger partial charge is 0.299 e. The number of fused-ring (bicyclic) bond motifs is 1. The second-order valence-corrected chi connectivity index (χ2v) is 6.51. The van der Waals surface area contributed by atoms with Crippen molar-refractivity contribution >= 4 is 43.1 Å². The summed E-state index contributed by atoms with van der Waals surface area (Å²) < 4.78 is 2.25. The van der Waals surface area contributed by atoms with Crippen molar-refractivity contribution in [3.8, 4) is 0 Å². The number of benzene rings is 2. The van der Waals surface area contributed by atoms with Gasteiger partial charge in [0, 0.05) is 22.0 Å². The van der Waals surface area contributed by atoms with E-state index in [0.29, 0.717) is 12.8 Å². The van der Waals surface area contributed by atoms with Gasteiger partial charge in [0.05, 0.1) is 0 Å². The quantitative estimate of drug-likeness (QED) is 0.649. The van der Waals surface area contributed by atoms with Gasteiger partial charge >= 0.3 is 0 Å². The van der Waals surface area contributed by atoms with E-state index in [0.717, 1.165) is 15.6 Å². The normalized spacial score (nSPS) is 10.8. The number of hydrogen-bond donors (Lipinski definition) is 0. The van der Waals surface area contributed by atoms with Crippen LogP contribution in [-0.4, -0.2) is 5.78 Å². The van der Waals surface area contributed by atoms with Crippen LogP contribution in [0.5, 0.6) is 0 Å². The van der Waals surface area contributed by atoms with E-state index < -0.39 is 0 Å². The molecular formula is C17H13BrOS. The van der Waals surface area contributed by atoms with Crippen LogP contribution in [0.2, 0.25) is 0 Å². The predicted molar refractivity (Wildman–Crippen MR) is 88.4 cm³/mol. The highest BCUT2D eigenvalue weighted by atomic mass is 79.9. The Kier molecular flexibility index (Phi) is 3.99. The van der Waals surface area contributed by atoms with Crippen LogP contribution < -0.4 is 0 Å². The highest BCUT2D eigenvalue weighted by molar-refractivity contribution is 9.10. The maximum atomic E-state index is 12.3. The van der Waals surface area contributed by atoms with E-state index in [2.05, 4.69) is 33.4 Å². The maximum absolute atomic E-state index is 12.3. The number of carbonyl (C=O) groups excluding carboxylic acids is 1. The number of halogens is 1. The minimum atomic E-state index is 0.250. The molecule has 2 aromatic carbocycles. The fraction of sp³-hybridized carbons (Fsp3) is 0.118. The molecule has 0 saturated heterocycles. The van der Waals surface area contributed by atoms with Gasteiger partial charge in [-0.15, -0.1) is 11.3 Å². The van der Waals surface area contributed by atoms with Gasteiger partial charge in [0.15, 0.2) is 0 Å². The summed E-state index contributed by atoms with van der Waals surface area (Å²) in [5, 5.41) is 3.31. The third-order valence-electron chi connectivity index (χ3n) is 3.29. The van der Waals surface area contributed by atoms with E-state index in [1.807, 2.05) is 36.4 Å². The molecule has 0 N–H and O–H groups in total. The first-order valence-electron chi connectivity index (χ1n) is 6.44. The lowest BCUT2D eigenvalue weighted by atomic mass is 10.0. The fourth-order valence-corrected chi connectivity index (χ4v) is 3.69. The van der Waals surface area contributed by atoms with E-state index in [1.165, 1.54) is 10.1 Å². The smallest absolute Gasteiger partial charge is 0.141 e. The van der Waals surface area contributed by atoms with Crippen molar-refractivity contribution in [1.29, 1.82) is 0 Å². The predicted octanol–water partition coefficient (Wildman–Crippen LogP) is 5.02. The number of hydrogen-bond acceptors (Lipinski definition) is 2. The van der Waals surface area contributed by atoms with Gasteiger partial charge < -0.3 is 0 Å². The number of thiophene rings is 1. The van der Waals surface area contributed by atoms with Crippen LogP contribution in [0.4, 0.5) is 0 Å². The van der Waals surface area contributed by atoms with Crippen molar-refractivity contribution in [1.82, 2.24) is 0 Å². The third-order valence-corrected chi connectivity index (χ3v) is 5.08. The summed E-state index contributed by atoms with van der Waals surface area (Å²) in [5.41, 5.74) is 2.19. The summed E-state index contributed by atoms with van der Waals surface area (Å²) in [6, 6.07) is 16.1. The van der Waals surface area contributed by atoms with E-state index in [4.69, 9.17) is 0 Å². The Labute approximate surface area is 130 Å². The number of rotatable bonds is 4. The van der Waals surface area contributed by atoms with E-state index in [9.17, 15) is 4.79 Å². The van der Waals surface area contributed by atoms with Crippen LogP contribution >= 0.6 is 27.3 Å². The van der Waals surface area contributed by atoms with Crippen LogP contribution in [0.3, 0.4) is 0 Å². The van der Waals surface area contributed by atoms with Crippen molar-refractivity contribution in [2.45, 2.75) is 12.8 Å². The van der Waals surface area contributed by atoms with Gasteiger partial charge in [-0.25, -0.2) is 0 Å². The van der Waals surface area contributed by atoms with Gasteiger partial charge in [0.25, 0.3) is 0 Å². The summed E-state index contributed by atoms with van der Waals surface area (Å²) in [6.07, 6.45) is 0.983. The molecule has 0 aliphatic heterocycles. The lowest BCUT2D eigenvalue weighted by molar-refractivity contribution is -0.117. The van der Waals surface area contributed by atoms with Gasteiger partial charge in [-0.05, 0) is 34.0 Å². The van der Waals surface area contributed by atoms with Crippen LogP contribution in [0.25, 0.3) is 10.1 Å². The molecule has 100 valence electrons. The molecule has 0 radical (unpaired) electrons. The molecule has 0 aliphatic carbocycles. The Balaban J connectivity index is 1.78. The highest BCUT2D eigenvalue weighted by Crippen LogP contribution is 2.26. The fourth-order valence-electron chi connectivity index (χ4n) is 2.30. The van der Waals surface area contributed by atoms with Crippen molar-refractivity contribution in [2.24, 2.45) is 0 Å². The molecule has 0 saturated carbocycles. The molecule has 3 aromatic rings. The first-order valence-corrected chi connectivity index (χ1v) is 8.11. The molecule has 3 heteroatoms. The monoisotopic (exact) mass is 344 g/mol. The Morgan fingerprint density at radius 3 is 2.50 bits per heavy atom. The molecule has 1 nitrogen and oxygen atoms in total. The number of Topliss-reactive ketones (excluding diaryl/α,β-unsaturated/α-hetero) is 1. The van der Waals surface area contributed by atoms with Gasteiger partial charge in [0.2, 0.25) is 0 Å². The average molecular weight is 345 g/mol. The molecule has 0 fully saturated rings. The molecule has 3 rings (SSSR count). The Bertz CT molecular complexity index is 760. The first-order chi connectivity index (χ1) is 9.74. The zero-order valence-corrected chi connectivity index (χ0v) is 13.2. The molecule has 0 spiro atoms. The summed E-state index contributed by atoms with van der Waals surface area (Å²) in [5.74, 6) is 0.250. The minimum absolute atomic E-state index is 0.250. The Hall–Kier alpha value is -1.45. The highest BCUT2D eigenvalue weighted by Gasteiger charge is 2.10. The third kappa shape index (κ3) is 2.84. The summed E-state index contributed by atoms with van der Waals surface area (Å²) in [4.78, 5) is 12.3.